The molecular weight excluding hydrogens is 376 g/mol. The summed E-state index contributed by atoms with van der Waals surface area (Å²) in [6.07, 6.45) is 20.6. The Hall–Kier alpha value is -1.06. The van der Waals surface area contributed by atoms with Gasteiger partial charge in [0.25, 0.3) is 0 Å². The largest absolute Gasteiger partial charge is 0.481 e. The molecular formula is C26H52O4. The van der Waals surface area contributed by atoms with Crippen molar-refractivity contribution in [3.8, 4) is 0 Å². The number of carbonyl (C=O) groups excluding carboxylic acids is 1. The van der Waals surface area contributed by atoms with E-state index in [1.807, 2.05) is 6.92 Å². The predicted molar refractivity (Wildman–Crippen MR) is 128 cm³/mol. The van der Waals surface area contributed by atoms with Crippen LogP contribution in [-0.4, -0.2) is 23.7 Å². The van der Waals surface area contributed by atoms with Gasteiger partial charge in [-0.1, -0.05) is 111 Å². The summed E-state index contributed by atoms with van der Waals surface area (Å²) in [5.41, 5.74) is 0. The minimum absolute atomic E-state index is 0.0394. The number of hydrogen-bond donors (Lipinski definition) is 1. The Kier molecular flexibility index (Phi) is 27.0. The number of hydrogen-bond acceptors (Lipinski definition) is 3. The number of rotatable bonds is 20. The highest BCUT2D eigenvalue weighted by molar-refractivity contribution is 5.72. The molecule has 0 aromatic heterocycles. The lowest BCUT2D eigenvalue weighted by atomic mass is 9.94. The van der Waals surface area contributed by atoms with E-state index in [2.05, 4.69) is 20.8 Å². The summed E-state index contributed by atoms with van der Waals surface area (Å²) in [4.78, 5) is 22.0. The van der Waals surface area contributed by atoms with Gasteiger partial charge in [0.15, 0.2) is 0 Å². The third-order valence-electron chi connectivity index (χ3n) is 5.43. The Labute approximate surface area is 187 Å². The topological polar surface area (TPSA) is 63.6 Å². The van der Waals surface area contributed by atoms with Crippen molar-refractivity contribution in [2.75, 3.05) is 6.61 Å². The Morgan fingerprint density at radius 3 is 1.47 bits per heavy atom. The Bertz CT molecular complexity index is 368. The summed E-state index contributed by atoms with van der Waals surface area (Å²) in [5.74, 6) is -0.480. The fourth-order valence-electron chi connectivity index (χ4n) is 3.51. The molecule has 0 bridgehead atoms. The maximum Gasteiger partial charge on any atom is 0.308 e. The molecule has 0 aliphatic carbocycles. The Morgan fingerprint density at radius 2 is 1.03 bits per heavy atom. The molecule has 180 valence electrons. The van der Waals surface area contributed by atoms with Crippen LogP contribution in [0.2, 0.25) is 0 Å². The van der Waals surface area contributed by atoms with Gasteiger partial charge in [-0.05, 0) is 26.2 Å². The number of ether oxygens (including phenoxy) is 1. The fourth-order valence-corrected chi connectivity index (χ4v) is 3.51. The van der Waals surface area contributed by atoms with Crippen LogP contribution in [0.5, 0.6) is 0 Å². The van der Waals surface area contributed by atoms with Gasteiger partial charge >= 0.3 is 11.9 Å². The number of carboxylic acid groups (broad SMARTS) is 1. The first-order valence-electron chi connectivity index (χ1n) is 12.9. The molecule has 30 heavy (non-hydrogen) atoms. The van der Waals surface area contributed by atoms with Crippen LogP contribution in [0.3, 0.4) is 0 Å². The van der Waals surface area contributed by atoms with E-state index < -0.39 is 5.97 Å². The van der Waals surface area contributed by atoms with E-state index in [0.717, 1.165) is 25.7 Å². The first kappa shape index (κ1) is 31.1. The molecule has 0 spiro atoms. The van der Waals surface area contributed by atoms with E-state index >= 15 is 0 Å². The lowest BCUT2D eigenvalue weighted by Gasteiger charge is -2.15. The van der Waals surface area contributed by atoms with Crippen LogP contribution in [0.15, 0.2) is 0 Å². The van der Waals surface area contributed by atoms with E-state index in [4.69, 9.17) is 9.84 Å². The predicted octanol–water partition coefficient (Wildman–Crippen LogP) is 8.32. The molecule has 0 aliphatic heterocycles. The van der Waals surface area contributed by atoms with Gasteiger partial charge in [-0.15, -0.1) is 0 Å². The van der Waals surface area contributed by atoms with E-state index in [1.165, 1.54) is 83.5 Å². The van der Waals surface area contributed by atoms with Gasteiger partial charge in [0, 0.05) is 6.42 Å². The monoisotopic (exact) mass is 428 g/mol. The van der Waals surface area contributed by atoms with Gasteiger partial charge in [0.05, 0.1) is 12.5 Å². The molecule has 0 saturated carbocycles. The Morgan fingerprint density at radius 1 is 0.633 bits per heavy atom. The van der Waals surface area contributed by atoms with Gasteiger partial charge in [-0.3, -0.25) is 9.59 Å². The Balaban J connectivity index is 0. The van der Waals surface area contributed by atoms with Gasteiger partial charge in [-0.2, -0.15) is 0 Å². The third-order valence-corrected chi connectivity index (χ3v) is 5.43. The van der Waals surface area contributed by atoms with Crippen molar-refractivity contribution < 1.29 is 19.4 Å². The second-order valence-electron chi connectivity index (χ2n) is 8.41. The third kappa shape index (κ3) is 25.0. The average Bonchev–Trinajstić information content (AvgIpc) is 2.72. The molecule has 0 rings (SSSR count). The van der Waals surface area contributed by atoms with E-state index in [0.29, 0.717) is 13.0 Å². The summed E-state index contributed by atoms with van der Waals surface area (Å²) in [6.45, 7) is 9.03. The number of aliphatic carboxylic acids is 1. The highest BCUT2D eigenvalue weighted by Gasteiger charge is 2.18. The zero-order valence-corrected chi connectivity index (χ0v) is 20.7. The molecule has 4 nitrogen and oxygen atoms in total. The summed E-state index contributed by atoms with van der Waals surface area (Å²) >= 11 is 0. The minimum atomic E-state index is -0.670. The molecule has 0 aliphatic rings. The maximum atomic E-state index is 12.0. The van der Waals surface area contributed by atoms with Crippen molar-refractivity contribution in [1.82, 2.24) is 0 Å². The van der Waals surface area contributed by atoms with Crippen molar-refractivity contribution in [3.63, 3.8) is 0 Å². The molecule has 0 amide bonds. The average molecular weight is 429 g/mol. The zero-order chi connectivity index (χ0) is 22.9. The number of carbonyl (C=O) groups is 2. The number of carboxylic acids is 1. The van der Waals surface area contributed by atoms with Crippen molar-refractivity contribution in [2.24, 2.45) is 5.92 Å². The molecule has 0 aromatic carbocycles. The number of unbranched alkanes of at least 4 members (excludes halogenated alkanes) is 12. The normalized spacial score (nSPS) is 11.5. The SMILES string of the molecule is CCCCCCCC(=O)O.CCCCCCCCC(CCCCCC)C(=O)OCC. The van der Waals surface area contributed by atoms with Crippen LogP contribution in [0.25, 0.3) is 0 Å². The van der Waals surface area contributed by atoms with Crippen LogP contribution in [-0.2, 0) is 14.3 Å². The quantitative estimate of drug-likeness (QED) is 0.156. The molecule has 0 radical (unpaired) electrons. The molecule has 1 atom stereocenters. The summed E-state index contributed by atoms with van der Waals surface area (Å²) in [5, 5.41) is 8.27. The van der Waals surface area contributed by atoms with Gasteiger partial charge in [-0.25, -0.2) is 0 Å². The lowest BCUT2D eigenvalue weighted by molar-refractivity contribution is -0.148. The first-order chi connectivity index (χ1) is 14.5. The van der Waals surface area contributed by atoms with E-state index in [9.17, 15) is 9.59 Å². The number of esters is 1. The standard InChI is InChI=1S/C18H36O2.C8H16O2/c1-4-7-9-11-12-14-16-17(18(19)20-6-3)15-13-10-8-5-2;1-2-3-4-5-6-7-8(9)10/h17H,4-16H2,1-3H3;2-7H2,1H3,(H,9,10). The second kappa shape index (κ2) is 26.0. The second-order valence-corrected chi connectivity index (χ2v) is 8.41. The molecule has 0 heterocycles. The molecule has 0 fully saturated rings. The van der Waals surface area contributed by atoms with Crippen molar-refractivity contribution >= 4 is 11.9 Å². The maximum absolute atomic E-state index is 12.0. The highest BCUT2D eigenvalue weighted by Crippen LogP contribution is 2.20. The summed E-state index contributed by atoms with van der Waals surface area (Å²) < 4.78 is 5.22. The van der Waals surface area contributed by atoms with E-state index in [1.54, 1.807) is 0 Å². The van der Waals surface area contributed by atoms with Gasteiger partial charge in [0.1, 0.15) is 0 Å². The van der Waals surface area contributed by atoms with Crippen LogP contribution in [0.4, 0.5) is 0 Å². The van der Waals surface area contributed by atoms with Crippen molar-refractivity contribution in [3.05, 3.63) is 0 Å². The first-order valence-corrected chi connectivity index (χ1v) is 12.9. The van der Waals surface area contributed by atoms with Crippen LogP contribution in [0.1, 0.15) is 143 Å². The van der Waals surface area contributed by atoms with Crippen molar-refractivity contribution in [2.45, 2.75) is 143 Å². The molecule has 4 heteroatoms. The molecule has 0 aromatic rings. The molecule has 1 unspecified atom stereocenters. The molecule has 1 N–H and O–H groups in total. The summed E-state index contributed by atoms with van der Waals surface area (Å²) in [6, 6.07) is 0. The fraction of sp³-hybridized carbons (Fsp3) is 0.923. The smallest absolute Gasteiger partial charge is 0.308 e. The van der Waals surface area contributed by atoms with Gasteiger partial charge < -0.3 is 9.84 Å². The van der Waals surface area contributed by atoms with Crippen LogP contribution >= 0.6 is 0 Å². The lowest BCUT2D eigenvalue weighted by Crippen LogP contribution is -2.18. The minimum Gasteiger partial charge on any atom is -0.481 e. The van der Waals surface area contributed by atoms with Crippen LogP contribution < -0.4 is 0 Å². The summed E-state index contributed by atoms with van der Waals surface area (Å²) in [7, 11) is 0. The van der Waals surface area contributed by atoms with E-state index in [-0.39, 0.29) is 11.9 Å². The van der Waals surface area contributed by atoms with Crippen LogP contribution in [0, 0.1) is 5.92 Å². The molecule has 0 saturated heterocycles. The van der Waals surface area contributed by atoms with Gasteiger partial charge in [0.2, 0.25) is 0 Å². The highest BCUT2D eigenvalue weighted by atomic mass is 16.5. The van der Waals surface area contributed by atoms with Crippen molar-refractivity contribution in [1.29, 1.82) is 0 Å². The zero-order valence-electron chi connectivity index (χ0n) is 20.7.